The number of hydrogen-bond acceptors (Lipinski definition) is 1. The number of nitrogens with zero attached hydrogens (tertiary/aromatic N) is 2. The molecular weight excluding hydrogens is 255 g/mol. The molecule has 2 nitrogen and oxygen atoms in total. The number of imidazole rings is 1. The van der Waals surface area contributed by atoms with Gasteiger partial charge in [0.15, 0.2) is 0 Å². The van der Waals surface area contributed by atoms with Crippen molar-refractivity contribution >= 4 is 28.8 Å². The van der Waals surface area contributed by atoms with Gasteiger partial charge in [-0.25, -0.2) is 4.98 Å². The Hall–Kier alpha value is -1.51. The first-order valence-electron chi connectivity index (χ1n) is 5.13. The zero-order chi connectivity index (χ0) is 11.8. The number of aromatic nitrogens is 2. The van der Waals surface area contributed by atoms with E-state index >= 15 is 0 Å². The molecule has 17 heavy (non-hydrogen) atoms. The van der Waals surface area contributed by atoms with E-state index in [0.717, 1.165) is 21.9 Å². The minimum absolute atomic E-state index is 0.648. The van der Waals surface area contributed by atoms with Crippen molar-refractivity contribution < 1.29 is 0 Å². The molecule has 0 spiro atoms. The lowest BCUT2D eigenvalue weighted by atomic mass is 10.2. The molecular formula is C13H8Cl2N2. The Balaban J connectivity index is 2.18. The number of rotatable bonds is 1. The van der Waals surface area contributed by atoms with E-state index in [0.29, 0.717) is 5.15 Å². The molecule has 0 unspecified atom stereocenters. The third kappa shape index (κ3) is 1.90. The lowest BCUT2D eigenvalue weighted by Crippen LogP contribution is -1.82. The smallest absolute Gasteiger partial charge is 0.138 e. The maximum absolute atomic E-state index is 6.08. The Labute approximate surface area is 108 Å². The quantitative estimate of drug-likeness (QED) is 0.598. The van der Waals surface area contributed by atoms with Crippen molar-refractivity contribution in [2.45, 2.75) is 0 Å². The molecule has 0 fully saturated rings. The lowest BCUT2D eigenvalue weighted by molar-refractivity contribution is 1.19. The van der Waals surface area contributed by atoms with E-state index in [9.17, 15) is 0 Å². The van der Waals surface area contributed by atoms with Gasteiger partial charge < -0.3 is 0 Å². The van der Waals surface area contributed by atoms with Crippen molar-refractivity contribution in [3.05, 3.63) is 58.8 Å². The van der Waals surface area contributed by atoms with Crippen LogP contribution in [0.25, 0.3) is 16.9 Å². The minimum atomic E-state index is 0.648. The molecule has 0 N–H and O–H groups in total. The van der Waals surface area contributed by atoms with Crippen LogP contribution in [0.1, 0.15) is 0 Å². The molecule has 1 aromatic carbocycles. The monoisotopic (exact) mass is 262 g/mol. The molecule has 0 amide bonds. The summed E-state index contributed by atoms with van der Waals surface area (Å²) in [6.45, 7) is 0. The van der Waals surface area contributed by atoms with Crippen molar-refractivity contribution in [2.24, 2.45) is 0 Å². The second kappa shape index (κ2) is 4.06. The van der Waals surface area contributed by atoms with Gasteiger partial charge in [-0.15, -0.1) is 0 Å². The molecule has 0 aliphatic carbocycles. The molecule has 3 aromatic rings. The predicted octanol–water partition coefficient (Wildman–Crippen LogP) is 4.31. The van der Waals surface area contributed by atoms with Crippen molar-refractivity contribution in [2.75, 3.05) is 0 Å². The Kier molecular flexibility index (Phi) is 2.54. The summed E-state index contributed by atoms with van der Waals surface area (Å²) in [5.74, 6) is 0. The van der Waals surface area contributed by atoms with Crippen molar-refractivity contribution in [3.8, 4) is 11.3 Å². The molecule has 0 radical (unpaired) electrons. The van der Waals surface area contributed by atoms with Crippen LogP contribution in [-0.2, 0) is 0 Å². The fourth-order valence-corrected chi connectivity index (χ4v) is 2.07. The van der Waals surface area contributed by atoms with E-state index < -0.39 is 0 Å². The molecule has 3 rings (SSSR count). The van der Waals surface area contributed by atoms with Gasteiger partial charge in [0.1, 0.15) is 10.8 Å². The van der Waals surface area contributed by atoms with Gasteiger partial charge in [-0.3, -0.25) is 4.40 Å². The van der Waals surface area contributed by atoms with Gasteiger partial charge in [0, 0.05) is 16.8 Å². The molecule has 0 aliphatic rings. The van der Waals surface area contributed by atoms with Crippen LogP contribution in [0.4, 0.5) is 0 Å². The van der Waals surface area contributed by atoms with Gasteiger partial charge in [0.25, 0.3) is 0 Å². The number of hydrogen-bond donors (Lipinski definition) is 0. The van der Waals surface area contributed by atoms with Crippen LogP contribution in [0.15, 0.2) is 48.7 Å². The first-order chi connectivity index (χ1) is 8.24. The molecule has 2 aromatic heterocycles. The first-order valence-corrected chi connectivity index (χ1v) is 5.89. The topological polar surface area (TPSA) is 17.3 Å². The fourth-order valence-electron chi connectivity index (χ4n) is 1.74. The standard InChI is InChI=1S/C13H8Cl2N2/c14-10-6-4-9(5-7-10)11-8-17-12(15)2-1-3-13(17)16-11/h1-8H. The molecule has 4 heteroatoms. The van der Waals surface area contributed by atoms with Gasteiger partial charge >= 0.3 is 0 Å². The van der Waals surface area contributed by atoms with E-state index in [1.807, 2.05) is 53.1 Å². The average Bonchev–Trinajstić information content (AvgIpc) is 2.75. The van der Waals surface area contributed by atoms with E-state index in [1.165, 1.54) is 0 Å². The normalized spacial score (nSPS) is 10.9. The summed E-state index contributed by atoms with van der Waals surface area (Å²) in [6.07, 6.45) is 1.92. The van der Waals surface area contributed by atoms with Crippen LogP contribution in [0.3, 0.4) is 0 Å². The highest BCUT2D eigenvalue weighted by Crippen LogP contribution is 2.23. The highest BCUT2D eigenvalue weighted by atomic mass is 35.5. The maximum Gasteiger partial charge on any atom is 0.138 e. The molecule has 2 heterocycles. The van der Waals surface area contributed by atoms with Crippen molar-refractivity contribution in [1.29, 1.82) is 0 Å². The van der Waals surface area contributed by atoms with E-state index in [4.69, 9.17) is 23.2 Å². The maximum atomic E-state index is 6.08. The third-order valence-corrected chi connectivity index (χ3v) is 3.14. The Morgan fingerprint density at radius 3 is 2.41 bits per heavy atom. The zero-order valence-corrected chi connectivity index (χ0v) is 10.3. The summed E-state index contributed by atoms with van der Waals surface area (Å²) in [5.41, 5.74) is 2.74. The summed E-state index contributed by atoms with van der Waals surface area (Å²) in [4.78, 5) is 4.51. The highest BCUT2D eigenvalue weighted by Gasteiger charge is 2.05. The van der Waals surface area contributed by atoms with Gasteiger partial charge in [-0.2, -0.15) is 0 Å². The average molecular weight is 263 g/mol. The number of fused-ring (bicyclic) bond motifs is 1. The zero-order valence-electron chi connectivity index (χ0n) is 8.77. The summed E-state index contributed by atoms with van der Waals surface area (Å²) in [7, 11) is 0. The first kappa shape index (κ1) is 10.6. The number of halogens is 2. The molecule has 0 saturated carbocycles. The van der Waals surface area contributed by atoms with E-state index in [2.05, 4.69) is 4.98 Å². The molecule has 84 valence electrons. The van der Waals surface area contributed by atoms with Gasteiger partial charge in [-0.1, -0.05) is 41.4 Å². The minimum Gasteiger partial charge on any atom is -0.290 e. The second-order valence-electron chi connectivity index (χ2n) is 3.71. The highest BCUT2D eigenvalue weighted by molar-refractivity contribution is 6.30. The van der Waals surface area contributed by atoms with Gasteiger partial charge in [0.2, 0.25) is 0 Å². The Morgan fingerprint density at radius 2 is 1.71 bits per heavy atom. The third-order valence-electron chi connectivity index (χ3n) is 2.58. The number of benzene rings is 1. The molecule has 0 aliphatic heterocycles. The van der Waals surface area contributed by atoms with Crippen LogP contribution in [0.5, 0.6) is 0 Å². The SMILES string of the molecule is Clc1ccc(-c2cn3c(Cl)cccc3n2)cc1. The van der Waals surface area contributed by atoms with Crippen LogP contribution >= 0.6 is 23.2 Å². The van der Waals surface area contributed by atoms with Crippen LogP contribution in [0, 0.1) is 0 Å². The molecule has 0 saturated heterocycles. The molecule has 0 atom stereocenters. The fraction of sp³-hybridized carbons (Fsp3) is 0. The largest absolute Gasteiger partial charge is 0.290 e. The Morgan fingerprint density at radius 1 is 0.941 bits per heavy atom. The Bertz CT molecular complexity index is 671. The van der Waals surface area contributed by atoms with Crippen molar-refractivity contribution in [1.82, 2.24) is 9.38 Å². The second-order valence-corrected chi connectivity index (χ2v) is 4.53. The van der Waals surface area contributed by atoms with Crippen LogP contribution in [0.2, 0.25) is 10.2 Å². The van der Waals surface area contributed by atoms with E-state index in [-0.39, 0.29) is 0 Å². The lowest BCUT2D eigenvalue weighted by Gasteiger charge is -1.95. The summed E-state index contributed by atoms with van der Waals surface area (Å²) in [6, 6.07) is 13.2. The van der Waals surface area contributed by atoms with Gasteiger partial charge in [0.05, 0.1) is 5.69 Å². The van der Waals surface area contributed by atoms with Crippen LogP contribution in [-0.4, -0.2) is 9.38 Å². The van der Waals surface area contributed by atoms with Crippen LogP contribution < -0.4 is 0 Å². The van der Waals surface area contributed by atoms with Gasteiger partial charge in [-0.05, 0) is 24.3 Å². The van der Waals surface area contributed by atoms with E-state index in [1.54, 1.807) is 0 Å². The van der Waals surface area contributed by atoms with Crippen molar-refractivity contribution in [3.63, 3.8) is 0 Å². The summed E-state index contributed by atoms with van der Waals surface area (Å²) < 4.78 is 1.85. The summed E-state index contributed by atoms with van der Waals surface area (Å²) >= 11 is 11.9. The molecule has 0 bridgehead atoms. The summed E-state index contributed by atoms with van der Waals surface area (Å²) in [5, 5.41) is 1.37. The predicted molar refractivity (Wildman–Crippen MR) is 70.6 cm³/mol. The number of pyridine rings is 1.